The van der Waals surface area contributed by atoms with E-state index in [2.05, 4.69) is 101 Å². The van der Waals surface area contributed by atoms with Crippen LogP contribution >= 0.6 is 0 Å². The van der Waals surface area contributed by atoms with Crippen molar-refractivity contribution in [2.75, 3.05) is 23.5 Å². The zero-order chi connectivity index (χ0) is 23.9. The second-order valence-corrected chi connectivity index (χ2v) is 9.46. The van der Waals surface area contributed by atoms with Crippen LogP contribution in [0.15, 0.2) is 85.5 Å². The summed E-state index contributed by atoms with van der Waals surface area (Å²) in [6, 6.07) is 21.4. The van der Waals surface area contributed by atoms with Gasteiger partial charge in [-0.3, -0.25) is 0 Å². The lowest BCUT2D eigenvalue weighted by Crippen LogP contribution is -2.27. The fourth-order valence-corrected chi connectivity index (χ4v) is 4.91. The molecule has 0 saturated carbocycles. The highest BCUT2D eigenvalue weighted by atomic mass is 15.4. The Kier molecular flexibility index (Phi) is 5.21. The number of imidazole rings is 1. The molecule has 0 fully saturated rings. The van der Waals surface area contributed by atoms with Crippen LogP contribution in [0, 0.1) is 0 Å². The summed E-state index contributed by atoms with van der Waals surface area (Å²) >= 11 is 0. The topological polar surface area (TPSA) is 49.6 Å². The second kappa shape index (κ2) is 8.55. The van der Waals surface area contributed by atoms with Crippen molar-refractivity contribution in [1.29, 1.82) is 0 Å². The average Bonchev–Trinajstić information content (AvgIpc) is 3.49. The molecule has 0 radical (unpaired) electrons. The Morgan fingerprint density at radius 1 is 0.886 bits per heavy atom. The van der Waals surface area contributed by atoms with Crippen molar-refractivity contribution in [3.8, 4) is 22.5 Å². The third kappa shape index (κ3) is 3.81. The van der Waals surface area contributed by atoms with Crippen molar-refractivity contribution < 1.29 is 0 Å². The predicted octanol–water partition coefficient (Wildman–Crippen LogP) is 6.00. The molecule has 5 aromatic rings. The van der Waals surface area contributed by atoms with Gasteiger partial charge in [-0.05, 0) is 34.7 Å². The Morgan fingerprint density at radius 3 is 2.51 bits per heavy atom. The normalized spacial score (nSPS) is 13.1. The lowest BCUT2D eigenvalue weighted by Gasteiger charge is -2.19. The van der Waals surface area contributed by atoms with E-state index in [1.54, 1.807) is 0 Å². The van der Waals surface area contributed by atoms with Gasteiger partial charge >= 0.3 is 0 Å². The van der Waals surface area contributed by atoms with Gasteiger partial charge in [-0.25, -0.2) is 15.0 Å². The standard InChI is InChI=1S/C29H28N6/c1-20(2)23-7-4-5-8-25(23)27-31-17-26-29(32-27)35(19-33(26)3)18-21-10-12-22(13-11-21)24-9-6-15-34-16-14-30-28(24)34/h4-17,20H,18-19H2,1-3H3. The average molecular weight is 461 g/mol. The van der Waals surface area contributed by atoms with E-state index in [-0.39, 0.29) is 0 Å². The zero-order valence-corrected chi connectivity index (χ0v) is 20.3. The number of rotatable bonds is 5. The molecule has 0 N–H and O–H groups in total. The fourth-order valence-electron chi connectivity index (χ4n) is 4.91. The Labute approximate surface area is 205 Å². The van der Waals surface area contributed by atoms with Crippen LogP contribution in [-0.2, 0) is 6.54 Å². The number of hydrogen-bond donors (Lipinski definition) is 0. The van der Waals surface area contributed by atoms with Crippen LogP contribution in [0.3, 0.4) is 0 Å². The van der Waals surface area contributed by atoms with E-state index in [4.69, 9.17) is 9.97 Å². The molecule has 0 aliphatic carbocycles. The molecular weight excluding hydrogens is 432 g/mol. The third-order valence-electron chi connectivity index (χ3n) is 6.72. The number of nitrogens with zero attached hydrogens (tertiary/aromatic N) is 6. The molecule has 6 nitrogen and oxygen atoms in total. The molecule has 0 atom stereocenters. The van der Waals surface area contributed by atoms with Crippen LogP contribution in [0.2, 0.25) is 0 Å². The minimum absolute atomic E-state index is 0.410. The number of hydrogen-bond acceptors (Lipinski definition) is 5. The van der Waals surface area contributed by atoms with Crippen LogP contribution in [0.5, 0.6) is 0 Å². The maximum Gasteiger partial charge on any atom is 0.161 e. The van der Waals surface area contributed by atoms with Crippen LogP contribution in [0.1, 0.15) is 30.9 Å². The van der Waals surface area contributed by atoms with Crippen molar-refractivity contribution in [2.24, 2.45) is 0 Å². The maximum atomic E-state index is 5.05. The monoisotopic (exact) mass is 460 g/mol. The molecule has 0 unspecified atom stereocenters. The highest BCUT2D eigenvalue weighted by Gasteiger charge is 2.26. The number of anilines is 2. The Bertz CT molecular complexity index is 1500. The largest absolute Gasteiger partial charge is 0.353 e. The van der Waals surface area contributed by atoms with E-state index >= 15 is 0 Å². The van der Waals surface area contributed by atoms with E-state index in [0.717, 1.165) is 47.3 Å². The maximum absolute atomic E-state index is 5.05. The third-order valence-corrected chi connectivity index (χ3v) is 6.72. The summed E-state index contributed by atoms with van der Waals surface area (Å²) in [7, 11) is 2.10. The summed E-state index contributed by atoms with van der Waals surface area (Å²) < 4.78 is 2.05. The lowest BCUT2D eigenvalue weighted by molar-refractivity contribution is 0.807. The fraction of sp³-hybridized carbons (Fsp3) is 0.207. The van der Waals surface area contributed by atoms with E-state index in [1.165, 1.54) is 16.7 Å². The molecule has 35 heavy (non-hydrogen) atoms. The van der Waals surface area contributed by atoms with Crippen LogP contribution < -0.4 is 9.80 Å². The molecule has 0 bridgehead atoms. The minimum atomic E-state index is 0.410. The van der Waals surface area contributed by atoms with Crippen molar-refractivity contribution >= 4 is 17.2 Å². The van der Waals surface area contributed by atoms with E-state index in [1.807, 2.05) is 24.8 Å². The number of fused-ring (bicyclic) bond motifs is 2. The van der Waals surface area contributed by atoms with Crippen molar-refractivity contribution in [3.63, 3.8) is 0 Å². The van der Waals surface area contributed by atoms with Gasteiger partial charge in [-0.1, -0.05) is 62.4 Å². The molecule has 174 valence electrons. The summed E-state index contributed by atoms with van der Waals surface area (Å²) in [6.07, 6.45) is 7.80. The van der Waals surface area contributed by atoms with Gasteiger partial charge in [0.1, 0.15) is 5.65 Å². The molecular formula is C29H28N6. The molecule has 0 saturated heterocycles. The van der Waals surface area contributed by atoms with Gasteiger partial charge in [-0.2, -0.15) is 0 Å². The first-order valence-electron chi connectivity index (χ1n) is 12.0. The van der Waals surface area contributed by atoms with Gasteiger partial charge in [0.15, 0.2) is 11.6 Å². The highest BCUT2D eigenvalue weighted by Crippen LogP contribution is 2.36. The molecule has 2 aromatic carbocycles. The van der Waals surface area contributed by atoms with E-state index in [9.17, 15) is 0 Å². The highest BCUT2D eigenvalue weighted by molar-refractivity contribution is 5.78. The lowest BCUT2D eigenvalue weighted by atomic mass is 9.97. The Hall–Kier alpha value is -4.19. The van der Waals surface area contributed by atoms with Gasteiger partial charge in [0.05, 0.1) is 18.6 Å². The Balaban J connectivity index is 1.29. The van der Waals surface area contributed by atoms with Crippen LogP contribution in [0.25, 0.3) is 28.2 Å². The smallest absolute Gasteiger partial charge is 0.161 e. The quantitative estimate of drug-likeness (QED) is 0.322. The summed E-state index contributed by atoms with van der Waals surface area (Å²) in [5.41, 5.74) is 7.97. The van der Waals surface area contributed by atoms with Crippen molar-refractivity contribution in [2.45, 2.75) is 26.3 Å². The Morgan fingerprint density at radius 2 is 1.69 bits per heavy atom. The summed E-state index contributed by atoms with van der Waals surface area (Å²) in [4.78, 5) is 18.8. The van der Waals surface area contributed by atoms with E-state index < -0.39 is 0 Å². The number of pyridine rings is 1. The molecule has 1 aliphatic rings. The van der Waals surface area contributed by atoms with Crippen LogP contribution in [0.4, 0.5) is 11.5 Å². The van der Waals surface area contributed by atoms with Gasteiger partial charge in [0.2, 0.25) is 0 Å². The first-order chi connectivity index (χ1) is 17.1. The second-order valence-electron chi connectivity index (χ2n) is 9.46. The first-order valence-corrected chi connectivity index (χ1v) is 12.0. The summed E-state index contributed by atoms with van der Waals surface area (Å²) in [5, 5.41) is 0. The molecule has 3 aromatic heterocycles. The van der Waals surface area contributed by atoms with Gasteiger partial charge in [0.25, 0.3) is 0 Å². The summed E-state index contributed by atoms with van der Waals surface area (Å²) in [6.45, 7) is 5.99. The van der Waals surface area contributed by atoms with E-state index in [0.29, 0.717) is 5.92 Å². The van der Waals surface area contributed by atoms with Gasteiger partial charge in [0, 0.05) is 43.3 Å². The summed E-state index contributed by atoms with van der Waals surface area (Å²) in [5.74, 6) is 2.19. The minimum Gasteiger partial charge on any atom is -0.353 e. The number of benzene rings is 2. The zero-order valence-electron chi connectivity index (χ0n) is 20.3. The van der Waals surface area contributed by atoms with Crippen molar-refractivity contribution in [3.05, 3.63) is 96.6 Å². The molecule has 0 amide bonds. The SMILES string of the molecule is CC(C)c1ccccc1-c1ncc2c(n1)N(Cc1ccc(-c3cccn4ccnc34)cc1)CN2C. The van der Waals surface area contributed by atoms with Gasteiger partial charge < -0.3 is 14.2 Å². The van der Waals surface area contributed by atoms with Gasteiger partial charge in [-0.15, -0.1) is 0 Å². The number of aromatic nitrogens is 4. The first kappa shape index (κ1) is 21.4. The molecule has 4 heterocycles. The predicted molar refractivity (Wildman–Crippen MR) is 142 cm³/mol. The molecule has 0 spiro atoms. The molecule has 6 rings (SSSR count). The molecule has 1 aliphatic heterocycles. The van der Waals surface area contributed by atoms with Crippen LogP contribution in [-0.4, -0.2) is 33.1 Å². The molecule has 6 heteroatoms. The van der Waals surface area contributed by atoms with Crippen molar-refractivity contribution in [1.82, 2.24) is 19.4 Å².